The van der Waals surface area contributed by atoms with Crippen molar-refractivity contribution < 1.29 is 14.0 Å². The van der Waals surface area contributed by atoms with Gasteiger partial charge in [0, 0.05) is 43.9 Å². The molecule has 0 atom stereocenters. The van der Waals surface area contributed by atoms with Crippen molar-refractivity contribution in [2.75, 3.05) is 36.4 Å². The molecule has 0 bridgehead atoms. The first-order valence-corrected chi connectivity index (χ1v) is 11.0. The molecule has 0 aromatic heterocycles. The summed E-state index contributed by atoms with van der Waals surface area (Å²) in [7, 11) is 0. The Bertz CT molecular complexity index is 946. The van der Waals surface area contributed by atoms with Gasteiger partial charge in [-0.25, -0.2) is 4.39 Å². The minimum absolute atomic E-state index is 0.0396. The Morgan fingerprint density at radius 2 is 1.68 bits per heavy atom. The van der Waals surface area contributed by atoms with Crippen LogP contribution >= 0.6 is 0 Å². The second-order valence-electron chi connectivity index (χ2n) is 8.19. The molecule has 2 fully saturated rings. The Labute approximate surface area is 182 Å². The summed E-state index contributed by atoms with van der Waals surface area (Å²) < 4.78 is 14.5. The van der Waals surface area contributed by atoms with Gasteiger partial charge in [-0.2, -0.15) is 0 Å². The number of nitrogens with zero attached hydrogens (tertiary/aromatic N) is 2. The minimum atomic E-state index is -0.301. The predicted octanol–water partition coefficient (Wildman–Crippen LogP) is 4.32. The van der Waals surface area contributed by atoms with Gasteiger partial charge in [-0.15, -0.1) is 0 Å². The van der Waals surface area contributed by atoms with Crippen LogP contribution in [0.5, 0.6) is 0 Å². The summed E-state index contributed by atoms with van der Waals surface area (Å²) in [6.07, 6.45) is 6.76. The summed E-state index contributed by atoms with van der Waals surface area (Å²) in [6.45, 7) is 2.83. The quantitative estimate of drug-likeness (QED) is 0.732. The van der Waals surface area contributed by atoms with Crippen molar-refractivity contribution in [2.45, 2.75) is 25.7 Å². The smallest absolute Gasteiger partial charge is 0.246 e. The number of likely N-dealkylation sites (tertiary alicyclic amines) is 1. The lowest BCUT2D eigenvalue weighted by molar-refractivity contribution is -0.130. The van der Waals surface area contributed by atoms with Crippen LogP contribution < -0.4 is 10.2 Å². The van der Waals surface area contributed by atoms with Crippen LogP contribution in [0.4, 0.5) is 15.8 Å². The number of hydrogen-bond donors (Lipinski definition) is 1. The molecule has 2 heterocycles. The van der Waals surface area contributed by atoms with E-state index in [0.29, 0.717) is 37.3 Å². The molecule has 1 N–H and O–H groups in total. The Kier molecular flexibility index (Phi) is 6.65. The Hall–Kier alpha value is -3.15. The number of rotatable bonds is 5. The molecule has 162 valence electrons. The van der Waals surface area contributed by atoms with Crippen molar-refractivity contribution in [3.05, 3.63) is 66.0 Å². The number of halogens is 1. The van der Waals surface area contributed by atoms with Gasteiger partial charge in [0.2, 0.25) is 11.8 Å². The van der Waals surface area contributed by atoms with Crippen LogP contribution in [0.2, 0.25) is 0 Å². The van der Waals surface area contributed by atoms with E-state index in [2.05, 4.69) is 5.32 Å². The van der Waals surface area contributed by atoms with Crippen LogP contribution in [0.3, 0.4) is 0 Å². The number of hydrogen-bond acceptors (Lipinski definition) is 3. The zero-order valence-corrected chi connectivity index (χ0v) is 17.6. The Balaban J connectivity index is 1.28. The summed E-state index contributed by atoms with van der Waals surface area (Å²) in [4.78, 5) is 28.9. The van der Waals surface area contributed by atoms with Crippen LogP contribution in [0.25, 0.3) is 6.08 Å². The number of carbonyl (C=O) groups excluding carboxylic acids is 2. The molecule has 6 heteroatoms. The van der Waals surface area contributed by atoms with E-state index in [1.54, 1.807) is 23.1 Å². The van der Waals surface area contributed by atoms with Crippen molar-refractivity contribution in [2.24, 2.45) is 5.92 Å². The number of anilines is 2. The third-order valence-electron chi connectivity index (χ3n) is 6.06. The van der Waals surface area contributed by atoms with E-state index >= 15 is 0 Å². The van der Waals surface area contributed by atoms with E-state index in [1.165, 1.54) is 6.07 Å². The maximum Gasteiger partial charge on any atom is 0.246 e. The maximum absolute atomic E-state index is 14.5. The van der Waals surface area contributed by atoms with E-state index in [4.69, 9.17) is 0 Å². The Morgan fingerprint density at radius 3 is 2.35 bits per heavy atom. The van der Waals surface area contributed by atoms with Crippen LogP contribution in [-0.4, -0.2) is 42.9 Å². The summed E-state index contributed by atoms with van der Waals surface area (Å²) >= 11 is 0. The number of carbonyl (C=O) groups is 2. The van der Waals surface area contributed by atoms with Gasteiger partial charge in [0.15, 0.2) is 0 Å². The summed E-state index contributed by atoms with van der Waals surface area (Å²) in [5, 5.41) is 2.85. The highest BCUT2D eigenvalue weighted by Crippen LogP contribution is 2.27. The van der Waals surface area contributed by atoms with Gasteiger partial charge in [0.25, 0.3) is 0 Å². The summed E-state index contributed by atoms with van der Waals surface area (Å²) in [5.74, 6) is -0.628. The molecule has 2 aliphatic heterocycles. The molecule has 31 heavy (non-hydrogen) atoms. The third-order valence-corrected chi connectivity index (χ3v) is 6.06. The lowest BCUT2D eigenvalue weighted by atomic mass is 9.95. The first-order chi connectivity index (χ1) is 15.1. The van der Waals surface area contributed by atoms with E-state index in [0.717, 1.165) is 31.5 Å². The molecule has 0 saturated carbocycles. The van der Waals surface area contributed by atoms with Crippen molar-refractivity contribution in [1.82, 2.24) is 4.90 Å². The summed E-state index contributed by atoms with van der Waals surface area (Å²) in [5.41, 5.74) is 2.06. The van der Waals surface area contributed by atoms with Gasteiger partial charge in [-0.05, 0) is 55.5 Å². The number of amides is 2. The van der Waals surface area contributed by atoms with Crippen LogP contribution in [0, 0.1) is 11.7 Å². The molecule has 0 spiro atoms. The molecule has 2 saturated heterocycles. The van der Waals surface area contributed by atoms with Gasteiger partial charge < -0.3 is 15.1 Å². The largest absolute Gasteiger partial charge is 0.369 e. The molecule has 4 rings (SSSR count). The fourth-order valence-electron chi connectivity index (χ4n) is 4.24. The molecule has 0 radical (unpaired) electrons. The lowest BCUT2D eigenvalue weighted by Crippen LogP contribution is -2.40. The van der Waals surface area contributed by atoms with Gasteiger partial charge >= 0.3 is 0 Å². The number of piperidine rings is 1. The Morgan fingerprint density at radius 1 is 0.968 bits per heavy atom. The fourth-order valence-corrected chi connectivity index (χ4v) is 4.24. The van der Waals surface area contributed by atoms with E-state index < -0.39 is 0 Å². The van der Waals surface area contributed by atoms with Crippen molar-refractivity contribution in [3.63, 3.8) is 0 Å². The lowest BCUT2D eigenvalue weighted by Gasteiger charge is -2.30. The molecule has 0 aliphatic carbocycles. The minimum Gasteiger partial charge on any atom is -0.369 e. The second kappa shape index (κ2) is 9.77. The highest BCUT2D eigenvalue weighted by atomic mass is 19.1. The van der Waals surface area contributed by atoms with Gasteiger partial charge in [-0.3, -0.25) is 9.59 Å². The normalized spacial score (nSPS) is 17.3. The first-order valence-electron chi connectivity index (χ1n) is 11.0. The van der Waals surface area contributed by atoms with Crippen LogP contribution in [-0.2, 0) is 9.59 Å². The first kappa shape index (κ1) is 21.1. The molecular formula is C25H28FN3O2. The van der Waals surface area contributed by atoms with E-state index in [1.807, 2.05) is 41.3 Å². The van der Waals surface area contributed by atoms with E-state index in [9.17, 15) is 14.0 Å². The topological polar surface area (TPSA) is 52.7 Å². The van der Waals surface area contributed by atoms with Crippen molar-refractivity contribution >= 4 is 29.3 Å². The zero-order valence-electron chi connectivity index (χ0n) is 17.6. The molecule has 5 nitrogen and oxygen atoms in total. The molecular weight excluding hydrogens is 393 g/mol. The highest BCUT2D eigenvalue weighted by Gasteiger charge is 2.27. The van der Waals surface area contributed by atoms with Gasteiger partial charge in [-0.1, -0.05) is 30.3 Å². The van der Waals surface area contributed by atoms with Crippen molar-refractivity contribution in [3.8, 4) is 0 Å². The standard InChI is InChI=1S/C25H28FN3O2/c26-22-18-21(9-10-23(22)28-14-4-5-15-28)27-25(31)20-12-16-29(17-13-20)24(30)11-8-19-6-2-1-3-7-19/h1-3,6-11,18,20H,4-5,12-17H2,(H,27,31). The maximum atomic E-state index is 14.5. The average molecular weight is 422 g/mol. The van der Waals surface area contributed by atoms with Gasteiger partial charge in [0.05, 0.1) is 5.69 Å². The zero-order chi connectivity index (χ0) is 21.6. The van der Waals surface area contributed by atoms with Crippen molar-refractivity contribution in [1.29, 1.82) is 0 Å². The predicted molar refractivity (Wildman–Crippen MR) is 121 cm³/mol. The number of benzene rings is 2. The van der Waals surface area contributed by atoms with Crippen LogP contribution in [0.1, 0.15) is 31.2 Å². The average Bonchev–Trinajstić information content (AvgIpc) is 3.33. The third kappa shape index (κ3) is 5.32. The molecule has 2 aromatic carbocycles. The number of nitrogens with one attached hydrogen (secondary N) is 1. The monoisotopic (exact) mass is 421 g/mol. The second-order valence-corrected chi connectivity index (χ2v) is 8.19. The fraction of sp³-hybridized carbons (Fsp3) is 0.360. The molecule has 2 aliphatic rings. The van der Waals surface area contributed by atoms with Crippen LogP contribution in [0.15, 0.2) is 54.6 Å². The molecule has 2 amide bonds. The van der Waals surface area contributed by atoms with E-state index in [-0.39, 0.29) is 23.5 Å². The molecule has 2 aromatic rings. The highest BCUT2D eigenvalue weighted by molar-refractivity contribution is 5.94. The summed E-state index contributed by atoms with van der Waals surface area (Å²) in [6, 6.07) is 14.6. The van der Waals surface area contributed by atoms with Gasteiger partial charge in [0.1, 0.15) is 5.82 Å². The molecule has 0 unspecified atom stereocenters. The SMILES string of the molecule is O=C(Nc1ccc(N2CCCC2)c(F)c1)C1CCN(C(=O)C=Cc2ccccc2)CC1.